The fourth-order valence-corrected chi connectivity index (χ4v) is 2.88. The first-order valence-electron chi connectivity index (χ1n) is 6.48. The molecule has 1 unspecified atom stereocenters. The van der Waals surface area contributed by atoms with Crippen LogP contribution in [0.4, 0.5) is 11.4 Å². The van der Waals surface area contributed by atoms with E-state index in [0.29, 0.717) is 6.04 Å². The van der Waals surface area contributed by atoms with Crippen molar-refractivity contribution in [1.82, 2.24) is 4.90 Å². The third kappa shape index (κ3) is 3.39. The predicted molar refractivity (Wildman–Crippen MR) is 82.6 cm³/mol. The van der Waals surface area contributed by atoms with Gasteiger partial charge in [-0.25, -0.2) is 0 Å². The zero-order valence-electron chi connectivity index (χ0n) is 11.4. The van der Waals surface area contributed by atoms with Crippen LogP contribution in [0, 0.1) is 0 Å². The Morgan fingerprint density at radius 3 is 2.83 bits per heavy atom. The van der Waals surface area contributed by atoms with Crippen LogP contribution in [0.2, 0.25) is 0 Å². The Bertz CT molecular complexity index is 406. The maximum atomic E-state index is 3.69. The van der Waals surface area contributed by atoms with Gasteiger partial charge in [-0.05, 0) is 44.6 Å². The molecule has 0 saturated carbocycles. The van der Waals surface area contributed by atoms with Gasteiger partial charge in [-0.2, -0.15) is 0 Å². The molecule has 1 fully saturated rings. The predicted octanol–water partition coefficient (Wildman–Crippen LogP) is 3.02. The second-order valence-corrected chi connectivity index (χ2v) is 6.22. The van der Waals surface area contributed by atoms with Gasteiger partial charge in [-0.15, -0.1) is 0 Å². The number of piperidine rings is 1. The van der Waals surface area contributed by atoms with Gasteiger partial charge < -0.3 is 15.1 Å². The van der Waals surface area contributed by atoms with E-state index in [1.54, 1.807) is 0 Å². The Morgan fingerprint density at radius 2 is 2.17 bits per heavy atom. The SMILES string of the molecule is CN1CCCC(Nc2cc(Br)ccc2N(C)C)C1. The first-order valence-corrected chi connectivity index (χ1v) is 7.27. The maximum Gasteiger partial charge on any atom is 0.0597 e. The summed E-state index contributed by atoms with van der Waals surface area (Å²) in [6.45, 7) is 2.34. The molecule has 0 bridgehead atoms. The molecule has 1 atom stereocenters. The second-order valence-electron chi connectivity index (χ2n) is 5.30. The van der Waals surface area contributed by atoms with Crippen molar-refractivity contribution in [2.45, 2.75) is 18.9 Å². The first kappa shape index (κ1) is 13.7. The average molecular weight is 312 g/mol. The van der Waals surface area contributed by atoms with Crippen LogP contribution in [0.3, 0.4) is 0 Å². The lowest BCUT2D eigenvalue weighted by Gasteiger charge is -2.32. The summed E-state index contributed by atoms with van der Waals surface area (Å²) < 4.78 is 1.12. The highest BCUT2D eigenvalue weighted by Crippen LogP contribution is 2.29. The number of nitrogens with zero attached hydrogens (tertiary/aromatic N) is 2. The molecule has 0 spiro atoms. The molecule has 1 saturated heterocycles. The molecule has 3 nitrogen and oxygen atoms in total. The van der Waals surface area contributed by atoms with Crippen LogP contribution in [0.25, 0.3) is 0 Å². The highest BCUT2D eigenvalue weighted by molar-refractivity contribution is 9.10. The topological polar surface area (TPSA) is 18.5 Å². The number of anilines is 2. The van der Waals surface area contributed by atoms with Crippen LogP contribution in [0.15, 0.2) is 22.7 Å². The van der Waals surface area contributed by atoms with Crippen molar-refractivity contribution in [3.8, 4) is 0 Å². The van der Waals surface area contributed by atoms with Crippen molar-refractivity contribution < 1.29 is 0 Å². The van der Waals surface area contributed by atoms with Crippen LogP contribution >= 0.6 is 15.9 Å². The number of rotatable bonds is 3. The first-order chi connectivity index (χ1) is 8.56. The number of hydrogen-bond donors (Lipinski definition) is 1. The maximum absolute atomic E-state index is 3.69. The molecule has 1 heterocycles. The Morgan fingerprint density at radius 1 is 1.39 bits per heavy atom. The van der Waals surface area contributed by atoms with Crippen LogP contribution < -0.4 is 10.2 Å². The van der Waals surface area contributed by atoms with Gasteiger partial charge in [0.05, 0.1) is 11.4 Å². The number of nitrogens with one attached hydrogen (secondary N) is 1. The summed E-state index contributed by atoms with van der Waals surface area (Å²) in [6, 6.07) is 6.97. The highest BCUT2D eigenvalue weighted by Gasteiger charge is 2.18. The molecule has 0 radical (unpaired) electrons. The van der Waals surface area contributed by atoms with Crippen molar-refractivity contribution in [1.29, 1.82) is 0 Å². The minimum Gasteiger partial charge on any atom is -0.379 e. The molecule has 100 valence electrons. The average Bonchev–Trinajstić information content (AvgIpc) is 2.28. The number of benzene rings is 1. The molecule has 1 aromatic rings. The van der Waals surface area contributed by atoms with Crippen LogP contribution in [-0.4, -0.2) is 45.2 Å². The van der Waals surface area contributed by atoms with Crippen LogP contribution in [-0.2, 0) is 0 Å². The number of hydrogen-bond acceptors (Lipinski definition) is 3. The highest BCUT2D eigenvalue weighted by atomic mass is 79.9. The van der Waals surface area contributed by atoms with E-state index in [-0.39, 0.29) is 0 Å². The van der Waals surface area contributed by atoms with E-state index in [4.69, 9.17) is 0 Å². The van der Waals surface area contributed by atoms with Crippen molar-refractivity contribution in [3.05, 3.63) is 22.7 Å². The number of likely N-dealkylation sites (N-methyl/N-ethyl adjacent to an activating group) is 1. The van der Waals surface area contributed by atoms with Crippen molar-refractivity contribution in [3.63, 3.8) is 0 Å². The molecule has 1 N–H and O–H groups in total. The summed E-state index contributed by atoms with van der Waals surface area (Å²) in [5.41, 5.74) is 2.46. The Kier molecular flexibility index (Phi) is 4.51. The van der Waals surface area contributed by atoms with E-state index in [2.05, 4.69) is 70.4 Å². The molecule has 2 rings (SSSR count). The Balaban J connectivity index is 2.14. The zero-order chi connectivity index (χ0) is 13.1. The zero-order valence-corrected chi connectivity index (χ0v) is 13.0. The summed E-state index contributed by atoms with van der Waals surface area (Å²) in [5, 5.41) is 3.69. The normalized spacial score (nSPS) is 20.8. The van der Waals surface area contributed by atoms with E-state index in [0.717, 1.165) is 11.0 Å². The number of likely N-dealkylation sites (tertiary alicyclic amines) is 1. The largest absolute Gasteiger partial charge is 0.379 e. The van der Waals surface area contributed by atoms with Gasteiger partial charge in [0.1, 0.15) is 0 Å². The smallest absolute Gasteiger partial charge is 0.0597 e. The van der Waals surface area contributed by atoms with Crippen LogP contribution in [0.1, 0.15) is 12.8 Å². The summed E-state index contributed by atoms with van der Waals surface area (Å²) >= 11 is 3.55. The van der Waals surface area contributed by atoms with E-state index in [9.17, 15) is 0 Å². The molecule has 0 aliphatic carbocycles. The standard InChI is InChI=1S/C14H22BrN3/c1-17(2)14-7-6-11(15)9-13(14)16-12-5-4-8-18(3)10-12/h6-7,9,12,16H,4-5,8,10H2,1-3H3. The summed E-state index contributed by atoms with van der Waals surface area (Å²) in [4.78, 5) is 4.55. The molecule has 0 aromatic heterocycles. The monoisotopic (exact) mass is 311 g/mol. The molecule has 1 aliphatic heterocycles. The van der Waals surface area contributed by atoms with Gasteiger partial charge in [-0.3, -0.25) is 0 Å². The Labute approximate surface area is 118 Å². The lowest BCUT2D eigenvalue weighted by molar-refractivity contribution is 0.261. The number of halogens is 1. The van der Waals surface area contributed by atoms with Crippen molar-refractivity contribution in [2.24, 2.45) is 0 Å². The molecular weight excluding hydrogens is 290 g/mol. The Hall–Kier alpha value is -0.740. The fraction of sp³-hybridized carbons (Fsp3) is 0.571. The molecule has 4 heteroatoms. The fourth-order valence-electron chi connectivity index (χ4n) is 2.52. The molecule has 1 aromatic carbocycles. The van der Waals surface area contributed by atoms with E-state index in [1.165, 1.54) is 30.8 Å². The van der Waals surface area contributed by atoms with Gasteiger partial charge in [-0.1, -0.05) is 15.9 Å². The third-order valence-electron chi connectivity index (χ3n) is 3.42. The van der Waals surface area contributed by atoms with Crippen molar-refractivity contribution >= 4 is 27.3 Å². The molecule has 18 heavy (non-hydrogen) atoms. The quantitative estimate of drug-likeness (QED) is 0.925. The van der Waals surface area contributed by atoms with Gasteiger partial charge in [0.25, 0.3) is 0 Å². The second kappa shape index (κ2) is 5.93. The molecular formula is C14H22BrN3. The van der Waals surface area contributed by atoms with Gasteiger partial charge >= 0.3 is 0 Å². The van der Waals surface area contributed by atoms with Crippen LogP contribution in [0.5, 0.6) is 0 Å². The lowest BCUT2D eigenvalue weighted by Crippen LogP contribution is -2.39. The molecule has 1 aliphatic rings. The van der Waals surface area contributed by atoms with E-state index < -0.39 is 0 Å². The lowest BCUT2D eigenvalue weighted by atomic mass is 10.1. The third-order valence-corrected chi connectivity index (χ3v) is 3.92. The van der Waals surface area contributed by atoms with Gasteiger partial charge in [0, 0.05) is 31.2 Å². The van der Waals surface area contributed by atoms with Gasteiger partial charge in [0.2, 0.25) is 0 Å². The van der Waals surface area contributed by atoms with Gasteiger partial charge in [0.15, 0.2) is 0 Å². The minimum absolute atomic E-state index is 0.553. The van der Waals surface area contributed by atoms with E-state index in [1.807, 2.05) is 0 Å². The summed E-state index contributed by atoms with van der Waals surface area (Å²) in [5.74, 6) is 0. The van der Waals surface area contributed by atoms with Crippen molar-refractivity contribution in [2.75, 3.05) is 44.4 Å². The summed E-state index contributed by atoms with van der Waals surface area (Å²) in [7, 11) is 6.37. The molecule has 0 amide bonds. The minimum atomic E-state index is 0.553. The van der Waals surface area contributed by atoms with E-state index >= 15 is 0 Å². The summed E-state index contributed by atoms with van der Waals surface area (Å²) in [6.07, 6.45) is 2.53.